The lowest BCUT2D eigenvalue weighted by Crippen LogP contribution is -2.40. The van der Waals surface area contributed by atoms with Crippen molar-refractivity contribution in [1.29, 1.82) is 0 Å². The Kier molecular flexibility index (Phi) is 4.06. The summed E-state index contributed by atoms with van der Waals surface area (Å²) in [5, 5.41) is 0. The number of likely N-dealkylation sites (tertiary alicyclic amines) is 1. The van der Waals surface area contributed by atoms with E-state index < -0.39 is 0 Å². The van der Waals surface area contributed by atoms with Gasteiger partial charge >= 0.3 is 0 Å². The molecule has 4 heteroatoms. The summed E-state index contributed by atoms with van der Waals surface area (Å²) in [7, 11) is 0. The number of piperidine rings is 1. The zero-order chi connectivity index (χ0) is 12.5. The molecule has 0 spiro atoms. The molecule has 1 aromatic heterocycles. The van der Waals surface area contributed by atoms with Gasteiger partial charge in [-0.15, -0.1) is 11.3 Å². The van der Waals surface area contributed by atoms with E-state index in [0.717, 1.165) is 21.8 Å². The maximum absolute atomic E-state index is 12.0. The molecule has 0 radical (unpaired) electrons. The fraction of sp³-hybridized carbons (Fsp3) is 0.615. The van der Waals surface area contributed by atoms with Crippen LogP contribution in [0.15, 0.2) is 15.9 Å². The molecule has 1 aliphatic heterocycles. The summed E-state index contributed by atoms with van der Waals surface area (Å²) in [6, 6.07) is 3.85. The van der Waals surface area contributed by atoms with Crippen molar-refractivity contribution in [3.63, 3.8) is 0 Å². The Morgan fingerprint density at radius 2 is 2.06 bits per heavy atom. The molecule has 0 aliphatic carbocycles. The summed E-state index contributed by atoms with van der Waals surface area (Å²) < 4.78 is 1.03. The number of hydrogen-bond acceptors (Lipinski definition) is 3. The number of ketones is 1. The molecular formula is C13H18BrNOS. The van der Waals surface area contributed by atoms with Gasteiger partial charge in [-0.05, 0) is 59.4 Å². The molecule has 1 saturated heterocycles. The summed E-state index contributed by atoms with van der Waals surface area (Å²) in [6.45, 7) is 7.28. The molecule has 0 unspecified atom stereocenters. The average Bonchev–Trinajstić information content (AvgIpc) is 2.68. The van der Waals surface area contributed by atoms with Crippen LogP contribution in [0.5, 0.6) is 0 Å². The number of thiophene rings is 1. The summed E-state index contributed by atoms with van der Waals surface area (Å²) >= 11 is 4.92. The predicted octanol–water partition coefficient (Wildman–Crippen LogP) is 3.82. The van der Waals surface area contributed by atoms with E-state index in [2.05, 4.69) is 34.7 Å². The van der Waals surface area contributed by atoms with Gasteiger partial charge in [0.2, 0.25) is 0 Å². The number of nitrogens with zero attached hydrogens (tertiary/aromatic N) is 1. The zero-order valence-corrected chi connectivity index (χ0v) is 12.7. The molecule has 17 heavy (non-hydrogen) atoms. The number of carbonyl (C=O) groups is 1. The van der Waals surface area contributed by atoms with Crippen LogP contribution in [0.3, 0.4) is 0 Å². The first-order valence-corrected chi connectivity index (χ1v) is 7.58. The minimum Gasteiger partial charge on any atom is -0.296 e. The van der Waals surface area contributed by atoms with Crippen LogP contribution in [-0.2, 0) is 0 Å². The molecule has 0 N–H and O–H groups in total. The second-order valence-corrected chi connectivity index (χ2v) is 7.93. The van der Waals surface area contributed by atoms with E-state index in [1.807, 2.05) is 12.1 Å². The van der Waals surface area contributed by atoms with Gasteiger partial charge in [-0.1, -0.05) is 13.8 Å². The van der Waals surface area contributed by atoms with Crippen molar-refractivity contribution in [2.24, 2.45) is 5.41 Å². The summed E-state index contributed by atoms with van der Waals surface area (Å²) in [5.74, 6) is 0.250. The minimum absolute atomic E-state index is 0.250. The first-order valence-electron chi connectivity index (χ1n) is 5.97. The SMILES string of the molecule is CC1(C)CCN(CC(=O)c2ccc(Br)s2)CC1. The molecule has 0 saturated carbocycles. The summed E-state index contributed by atoms with van der Waals surface area (Å²) in [4.78, 5) is 15.2. The van der Waals surface area contributed by atoms with Crippen LogP contribution >= 0.6 is 27.3 Å². The Labute approximate surface area is 115 Å². The van der Waals surface area contributed by atoms with Crippen LogP contribution in [0.25, 0.3) is 0 Å². The van der Waals surface area contributed by atoms with E-state index in [1.54, 1.807) is 0 Å². The van der Waals surface area contributed by atoms with Crippen molar-refractivity contribution in [2.75, 3.05) is 19.6 Å². The second-order valence-electron chi connectivity index (χ2n) is 5.47. The molecule has 2 heterocycles. The average molecular weight is 316 g/mol. The molecule has 1 aromatic rings. The number of Topliss-reactive ketones (excluding diaryl/α,β-unsaturated/α-hetero) is 1. The normalized spacial score (nSPS) is 20.4. The van der Waals surface area contributed by atoms with E-state index in [9.17, 15) is 4.79 Å². The van der Waals surface area contributed by atoms with Gasteiger partial charge in [0.1, 0.15) is 0 Å². The quantitative estimate of drug-likeness (QED) is 0.790. The predicted molar refractivity (Wildman–Crippen MR) is 75.8 cm³/mol. The lowest BCUT2D eigenvalue weighted by molar-refractivity contribution is 0.0849. The fourth-order valence-corrected chi connectivity index (χ4v) is 3.38. The Hall–Kier alpha value is -0.190. The van der Waals surface area contributed by atoms with Crippen LogP contribution in [0, 0.1) is 5.41 Å². The highest BCUT2D eigenvalue weighted by molar-refractivity contribution is 9.11. The van der Waals surface area contributed by atoms with Crippen molar-refractivity contribution < 1.29 is 4.79 Å². The van der Waals surface area contributed by atoms with Crippen LogP contribution in [0.1, 0.15) is 36.4 Å². The third-order valence-electron chi connectivity index (χ3n) is 3.42. The van der Waals surface area contributed by atoms with Gasteiger partial charge in [0.15, 0.2) is 5.78 Å². The van der Waals surface area contributed by atoms with E-state index >= 15 is 0 Å². The zero-order valence-electron chi connectivity index (χ0n) is 10.3. The van der Waals surface area contributed by atoms with Gasteiger partial charge in [-0.3, -0.25) is 9.69 Å². The molecule has 0 bridgehead atoms. The topological polar surface area (TPSA) is 20.3 Å². The van der Waals surface area contributed by atoms with Crippen molar-refractivity contribution in [1.82, 2.24) is 4.90 Å². The monoisotopic (exact) mass is 315 g/mol. The maximum Gasteiger partial charge on any atom is 0.186 e. The number of hydrogen-bond donors (Lipinski definition) is 0. The molecular weight excluding hydrogens is 298 g/mol. The van der Waals surface area contributed by atoms with E-state index in [0.29, 0.717) is 12.0 Å². The first-order chi connectivity index (χ1) is 7.96. The van der Waals surface area contributed by atoms with Crippen molar-refractivity contribution in [2.45, 2.75) is 26.7 Å². The Morgan fingerprint density at radius 1 is 1.41 bits per heavy atom. The van der Waals surface area contributed by atoms with Gasteiger partial charge in [0.05, 0.1) is 15.2 Å². The molecule has 94 valence electrons. The molecule has 0 atom stereocenters. The first kappa shape index (κ1) is 13.2. The smallest absolute Gasteiger partial charge is 0.186 e. The van der Waals surface area contributed by atoms with Gasteiger partial charge in [0.25, 0.3) is 0 Å². The lowest BCUT2D eigenvalue weighted by atomic mass is 9.82. The Morgan fingerprint density at radius 3 is 2.59 bits per heavy atom. The van der Waals surface area contributed by atoms with Crippen LogP contribution in [0.2, 0.25) is 0 Å². The molecule has 0 aromatic carbocycles. The van der Waals surface area contributed by atoms with Crippen molar-refractivity contribution >= 4 is 33.0 Å². The molecule has 0 amide bonds. The molecule has 1 aliphatic rings. The standard InChI is InChI=1S/C13H18BrNOS/c1-13(2)5-7-15(8-6-13)9-10(16)11-3-4-12(14)17-11/h3-4H,5-9H2,1-2H3. The molecule has 2 rings (SSSR count). The third kappa shape index (κ3) is 3.63. The highest BCUT2D eigenvalue weighted by Gasteiger charge is 2.26. The van der Waals surface area contributed by atoms with Crippen molar-refractivity contribution in [3.05, 3.63) is 20.8 Å². The van der Waals surface area contributed by atoms with E-state index in [-0.39, 0.29) is 5.78 Å². The van der Waals surface area contributed by atoms with Gasteiger partial charge in [0, 0.05) is 0 Å². The Balaban J connectivity index is 1.88. The maximum atomic E-state index is 12.0. The van der Waals surface area contributed by atoms with Crippen LogP contribution in [-0.4, -0.2) is 30.3 Å². The van der Waals surface area contributed by atoms with Gasteiger partial charge in [-0.2, -0.15) is 0 Å². The third-order valence-corrected chi connectivity index (χ3v) is 5.09. The fourth-order valence-electron chi connectivity index (χ4n) is 2.06. The van der Waals surface area contributed by atoms with Crippen LogP contribution < -0.4 is 0 Å². The van der Waals surface area contributed by atoms with E-state index in [4.69, 9.17) is 0 Å². The van der Waals surface area contributed by atoms with Crippen molar-refractivity contribution in [3.8, 4) is 0 Å². The van der Waals surface area contributed by atoms with Gasteiger partial charge in [-0.25, -0.2) is 0 Å². The minimum atomic E-state index is 0.250. The number of rotatable bonds is 3. The largest absolute Gasteiger partial charge is 0.296 e. The second kappa shape index (κ2) is 5.21. The van der Waals surface area contributed by atoms with Crippen LogP contribution in [0.4, 0.5) is 0 Å². The molecule has 1 fully saturated rings. The Bertz CT molecular complexity index is 403. The highest BCUT2D eigenvalue weighted by atomic mass is 79.9. The number of halogens is 1. The summed E-state index contributed by atoms with van der Waals surface area (Å²) in [6.07, 6.45) is 2.38. The van der Waals surface area contributed by atoms with Gasteiger partial charge < -0.3 is 0 Å². The highest BCUT2D eigenvalue weighted by Crippen LogP contribution is 2.30. The lowest BCUT2D eigenvalue weighted by Gasteiger charge is -2.36. The molecule has 2 nitrogen and oxygen atoms in total. The van der Waals surface area contributed by atoms with E-state index in [1.165, 1.54) is 24.2 Å². The number of carbonyl (C=O) groups excluding carboxylic acids is 1. The summed E-state index contributed by atoms with van der Waals surface area (Å²) in [5.41, 5.74) is 0.450.